The third-order valence-corrected chi connectivity index (χ3v) is 5.38. The van der Waals surface area contributed by atoms with Crippen molar-refractivity contribution in [1.29, 1.82) is 0 Å². The van der Waals surface area contributed by atoms with Gasteiger partial charge in [-0.05, 0) is 35.7 Å². The van der Waals surface area contributed by atoms with E-state index in [1.807, 2.05) is 36.5 Å². The predicted octanol–water partition coefficient (Wildman–Crippen LogP) is 2.07. The van der Waals surface area contributed by atoms with Gasteiger partial charge >= 0.3 is 0 Å². The highest BCUT2D eigenvalue weighted by atomic mass is 79.9. The molecule has 2 aliphatic heterocycles. The van der Waals surface area contributed by atoms with Gasteiger partial charge in [-0.1, -0.05) is 15.9 Å². The Kier molecular flexibility index (Phi) is 3.73. The minimum absolute atomic E-state index is 0.0196. The number of carbonyl (C=O) groups excluding carboxylic acids is 1. The number of nitrogens with one attached hydrogen (secondary N) is 1. The number of carbonyl (C=O) groups is 1. The molecular formula is C17H19BrN4O. The lowest BCUT2D eigenvalue weighted by Gasteiger charge is -2.24. The molecule has 23 heavy (non-hydrogen) atoms. The summed E-state index contributed by atoms with van der Waals surface area (Å²) < 4.78 is 2.87. The molecule has 0 bridgehead atoms. The summed E-state index contributed by atoms with van der Waals surface area (Å²) in [5.41, 5.74) is 3.46. The van der Waals surface area contributed by atoms with Gasteiger partial charge in [0.25, 0.3) is 0 Å². The van der Waals surface area contributed by atoms with Crippen LogP contribution in [0.1, 0.15) is 17.0 Å². The molecule has 0 saturated carbocycles. The van der Waals surface area contributed by atoms with E-state index in [9.17, 15) is 4.79 Å². The van der Waals surface area contributed by atoms with Gasteiger partial charge in [0.05, 0.1) is 12.1 Å². The van der Waals surface area contributed by atoms with Gasteiger partial charge in [0.15, 0.2) is 0 Å². The van der Waals surface area contributed by atoms with Crippen LogP contribution in [0, 0.1) is 5.92 Å². The monoisotopic (exact) mass is 374 g/mol. The summed E-state index contributed by atoms with van der Waals surface area (Å²) in [6.45, 7) is 2.35. The molecule has 1 aromatic carbocycles. The highest BCUT2D eigenvalue weighted by Gasteiger charge is 2.39. The molecule has 1 aromatic heterocycles. The number of amides is 1. The second-order valence-electron chi connectivity index (χ2n) is 6.33. The fourth-order valence-corrected chi connectivity index (χ4v) is 4.13. The van der Waals surface area contributed by atoms with Gasteiger partial charge < -0.3 is 10.2 Å². The Morgan fingerprint density at radius 1 is 1.39 bits per heavy atom. The number of aryl methyl sites for hydroxylation is 1. The van der Waals surface area contributed by atoms with Gasteiger partial charge in [-0.15, -0.1) is 0 Å². The molecule has 1 N–H and O–H groups in total. The Morgan fingerprint density at radius 3 is 3.04 bits per heavy atom. The summed E-state index contributed by atoms with van der Waals surface area (Å²) in [6.07, 6.45) is 4.83. The lowest BCUT2D eigenvalue weighted by atomic mass is 9.90. The van der Waals surface area contributed by atoms with E-state index in [2.05, 4.69) is 32.4 Å². The summed E-state index contributed by atoms with van der Waals surface area (Å²) in [7, 11) is 1.91. The Morgan fingerprint density at radius 2 is 2.26 bits per heavy atom. The summed E-state index contributed by atoms with van der Waals surface area (Å²) in [6, 6.07) is 6.18. The number of hydrogen-bond acceptors (Lipinski definition) is 3. The molecule has 5 nitrogen and oxygen atoms in total. The number of aromatic nitrogens is 2. The molecule has 120 valence electrons. The SMILES string of the molecule is Cn1cc([C@H]2CNC[C@@H]2C(=O)N2CCc3cc(Br)ccc32)cn1. The van der Waals surface area contributed by atoms with Crippen molar-refractivity contribution in [2.24, 2.45) is 13.0 Å². The van der Waals surface area contributed by atoms with Crippen molar-refractivity contribution < 1.29 is 4.79 Å². The second-order valence-corrected chi connectivity index (χ2v) is 7.25. The molecule has 1 amide bonds. The van der Waals surface area contributed by atoms with Crippen LogP contribution in [-0.2, 0) is 18.3 Å². The van der Waals surface area contributed by atoms with E-state index in [0.29, 0.717) is 0 Å². The van der Waals surface area contributed by atoms with Crippen LogP contribution in [0.5, 0.6) is 0 Å². The normalized spacial score (nSPS) is 23.3. The Bertz CT molecular complexity index is 757. The van der Waals surface area contributed by atoms with Crippen LogP contribution in [-0.4, -0.2) is 35.3 Å². The molecule has 3 heterocycles. The van der Waals surface area contributed by atoms with Crippen molar-refractivity contribution in [1.82, 2.24) is 15.1 Å². The first-order chi connectivity index (χ1) is 11.1. The second kappa shape index (κ2) is 5.76. The predicted molar refractivity (Wildman–Crippen MR) is 92.5 cm³/mol. The van der Waals surface area contributed by atoms with E-state index in [1.165, 1.54) is 5.56 Å². The third kappa shape index (κ3) is 2.60. The number of anilines is 1. The maximum Gasteiger partial charge on any atom is 0.232 e. The summed E-state index contributed by atoms with van der Waals surface area (Å²) in [5.74, 6) is 0.412. The Hall–Kier alpha value is -1.66. The van der Waals surface area contributed by atoms with Crippen LogP contribution >= 0.6 is 15.9 Å². The summed E-state index contributed by atoms with van der Waals surface area (Å²) >= 11 is 3.51. The first-order valence-corrected chi connectivity index (χ1v) is 8.72. The van der Waals surface area contributed by atoms with Crippen LogP contribution in [0.3, 0.4) is 0 Å². The van der Waals surface area contributed by atoms with E-state index in [1.54, 1.807) is 4.68 Å². The molecule has 2 aliphatic rings. The van der Waals surface area contributed by atoms with E-state index < -0.39 is 0 Å². The average Bonchev–Trinajstić information content (AvgIpc) is 3.23. The quantitative estimate of drug-likeness (QED) is 0.875. The van der Waals surface area contributed by atoms with Gasteiger partial charge in [0.2, 0.25) is 5.91 Å². The fourth-order valence-electron chi connectivity index (χ4n) is 3.72. The molecule has 6 heteroatoms. The molecular weight excluding hydrogens is 356 g/mol. The van der Waals surface area contributed by atoms with Crippen LogP contribution in [0.4, 0.5) is 5.69 Å². The molecule has 0 radical (unpaired) electrons. The van der Waals surface area contributed by atoms with Gasteiger partial charge in [0.1, 0.15) is 0 Å². The molecule has 2 aromatic rings. The van der Waals surface area contributed by atoms with E-state index >= 15 is 0 Å². The van der Waals surface area contributed by atoms with Crippen LogP contribution in [0.15, 0.2) is 35.1 Å². The van der Waals surface area contributed by atoms with Gasteiger partial charge in [-0.3, -0.25) is 9.48 Å². The highest BCUT2D eigenvalue weighted by Crippen LogP contribution is 2.35. The number of rotatable bonds is 2. The molecule has 1 saturated heterocycles. The van der Waals surface area contributed by atoms with Crippen molar-refractivity contribution >= 4 is 27.5 Å². The zero-order chi connectivity index (χ0) is 16.0. The van der Waals surface area contributed by atoms with Crippen molar-refractivity contribution in [3.8, 4) is 0 Å². The Labute approximate surface area is 143 Å². The largest absolute Gasteiger partial charge is 0.315 e. The minimum Gasteiger partial charge on any atom is -0.315 e. The van der Waals surface area contributed by atoms with Crippen molar-refractivity contribution in [3.63, 3.8) is 0 Å². The highest BCUT2D eigenvalue weighted by molar-refractivity contribution is 9.10. The van der Waals surface area contributed by atoms with Crippen molar-refractivity contribution in [3.05, 3.63) is 46.2 Å². The van der Waals surface area contributed by atoms with E-state index in [4.69, 9.17) is 0 Å². The minimum atomic E-state index is -0.0196. The first-order valence-electron chi connectivity index (χ1n) is 7.92. The van der Waals surface area contributed by atoms with Gasteiger partial charge in [-0.25, -0.2) is 0 Å². The number of fused-ring (bicyclic) bond motifs is 1. The molecule has 0 aliphatic carbocycles. The van der Waals surface area contributed by atoms with E-state index in [-0.39, 0.29) is 17.7 Å². The summed E-state index contributed by atoms with van der Waals surface area (Å²) in [4.78, 5) is 15.1. The average molecular weight is 375 g/mol. The number of nitrogens with zero attached hydrogens (tertiary/aromatic N) is 3. The number of benzene rings is 1. The molecule has 0 spiro atoms. The third-order valence-electron chi connectivity index (χ3n) is 4.89. The van der Waals surface area contributed by atoms with Crippen molar-refractivity contribution in [2.45, 2.75) is 12.3 Å². The van der Waals surface area contributed by atoms with Crippen molar-refractivity contribution in [2.75, 3.05) is 24.5 Å². The Balaban J connectivity index is 1.60. The molecule has 1 fully saturated rings. The zero-order valence-corrected chi connectivity index (χ0v) is 14.6. The number of halogens is 1. The molecule has 0 unspecified atom stereocenters. The smallest absolute Gasteiger partial charge is 0.232 e. The van der Waals surface area contributed by atoms with Crippen LogP contribution in [0.2, 0.25) is 0 Å². The topological polar surface area (TPSA) is 50.2 Å². The van der Waals surface area contributed by atoms with Crippen LogP contribution in [0.25, 0.3) is 0 Å². The fraction of sp³-hybridized carbons (Fsp3) is 0.412. The zero-order valence-electron chi connectivity index (χ0n) is 13.0. The lowest BCUT2D eigenvalue weighted by Crippen LogP contribution is -2.37. The molecule has 2 atom stereocenters. The first kappa shape index (κ1) is 14.9. The maximum atomic E-state index is 13.1. The van der Waals surface area contributed by atoms with Gasteiger partial charge in [-0.2, -0.15) is 5.10 Å². The van der Waals surface area contributed by atoms with Gasteiger partial charge in [0, 0.05) is 49.0 Å². The molecule has 4 rings (SSSR count). The van der Waals surface area contributed by atoms with E-state index in [0.717, 1.165) is 41.8 Å². The maximum absolute atomic E-state index is 13.1. The standard InChI is InChI=1S/C17H19BrN4O/c1-21-10-12(7-20-21)14-8-19-9-15(14)17(23)22-5-4-11-6-13(18)2-3-16(11)22/h2-3,6-7,10,14-15,19H,4-5,8-9H2,1H3/t14-,15+/m1/s1. The summed E-state index contributed by atoms with van der Waals surface area (Å²) in [5, 5.41) is 7.63. The number of hydrogen-bond donors (Lipinski definition) is 1. The van der Waals surface area contributed by atoms with Crippen LogP contribution < -0.4 is 10.2 Å². The lowest BCUT2D eigenvalue weighted by molar-refractivity contribution is -0.122.